The van der Waals surface area contributed by atoms with Crippen molar-refractivity contribution in [2.75, 3.05) is 14.2 Å². The lowest BCUT2D eigenvalue weighted by Crippen LogP contribution is -2.44. The molecule has 3 nitrogen and oxygen atoms in total. The van der Waals surface area contributed by atoms with E-state index in [0.717, 1.165) is 29.6 Å². The summed E-state index contributed by atoms with van der Waals surface area (Å²) in [5.41, 5.74) is 3.90. The van der Waals surface area contributed by atoms with E-state index in [1.54, 1.807) is 14.0 Å². The van der Waals surface area contributed by atoms with Gasteiger partial charge in [0, 0.05) is 7.11 Å². The number of hydrogen-bond donors (Lipinski definition) is 0. The molecule has 0 aliphatic heterocycles. The van der Waals surface area contributed by atoms with Crippen molar-refractivity contribution in [1.29, 1.82) is 0 Å². The molecule has 0 unspecified atom stereocenters. The lowest BCUT2D eigenvalue weighted by atomic mass is 9.55. The molecule has 0 spiro atoms. The lowest BCUT2D eigenvalue weighted by molar-refractivity contribution is -0.0444. The second-order valence-electron chi connectivity index (χ2n) is 8.57. The van der Waals surface area contributed by atoms with Crippen molar-refractivity contribution in [3.8, 4) is 5.75 Å². The molecule has 1 aromatic rings. The van der Waals surface area contributed by atoms with Crippen LogP contribution in [0, 0.1) is 17.3 Å². The maximum Gasteiger partial charge on any atom is 0.163 e. The molecule has 3 aliphatic rings. The fourth-order valence-corrected chi connectivity index (χ4v) is 6.38. The Morgan fingerprint density at radius 2 is 1.96 bits per heavy atom. The van der Waals surface area contributed by atoms with Gasteiger partial charge in [-0.3, -0.25) is 4.79 Å². The summed E-state index contributed by atoms with van der Waals surface area (Å²) in [6.45, 7) is 4.10. The topological polar surface area (TPSA) is 35.5 Å². The van der Waals surface area contributed by atoms with Crippen molar-refractivity contribution in [2.24, 2.45) is 17.3 Å². The van der Waals surface area contributed by atoms with Gasteiger partial charge in [0.05, 0.1) is 18.8 Å². The number of fused-ring (bicyclic) bond motifs is 5. The Hall–Kier alpha value is -1.35. The van der Waals surface area contributed by atoms with E-state index in [0.29, 0.717) is 17.4 Å². The van der Waals surface area contributed by atoms with Gasteiger partial charge < -0.3 is 9.47 Å². The molecule has 136 valence electrons. The smallest absolute Gasteiger partial charge is 0.163 e. The summed E-state index contributed by atoms with van der Waals surface area (Å²) in [4.78, 5) is 12.1. The second kappa shape index (κ2) is 6.12. The Labute approximate surface area is 151 Å². The molecule has 0 aromatic heterocycles. The van der Waals surface area contributed by atoms with Gasteiger partial charge >= 0.3 is 0 Å². The molecule has 0 N–H and O–H groups in total. The number of carbonyl (C=O) groups excluding carboxylic acids is 1. The van der Waals surface area contributed by atoms with E-state index in [2.05, 4.69) is 19.1 Å². The van der Waals surface area contributed by atoms with Crippen molar-refractivity contribution in [3.05, 3.63) is 28.8 Å². The molecule has 5 atom stereocenters. The number of methoxy groups -OCH3 is 2. The SMILES string of the molecule is COc1cc2c(cc1C(C)=O)[C@H]1CC[C@]3(C)[C@@H](OC)CC[C@H]3[C@@H]1CC2. The van der Waals surface area contributed by atoms with E-state index >= 15 is 0 Å². The number of ether oxygens (including phenoxy) is 2. The van der Waals surface area contributed by atoms with Crippen LogP contribution < -0.4 is 4.74 Å². The highest BCUT2D eigenvalue weighted by Gasteiger charge is 2.55. The van der Waals surface area contributed by atoms with Crippen LogP contribution in [0.5, 0.6) is 5.75 Å². The van der Waals surface area contributed by atoms with E-state index < -0.39 is 0 Å². The summed E-state index contributed by atoms with van der Waals surface area (Å²) in [5, 5.41) is 0. The molecular formula is C22H30O3. The van der Waals surface area contributed by atoms with Crippen LogP contribution in [0.1, 0.15) is 73.4 Å². The maximum absolute atomic E-state index is 12.1. The zero-order chi connectivity index (χ0) is 17.8. The zero-order valence-electron chi connectivity index (χ0n) is 15.9. The van der Waals surface area contributed by atoms with Gasteiger partial charge in [-0.15, -0.1) is 0 Å². The van der Waals surface area contributed by atoms with Crippen molar-refractivity contribution in [3.63, 3.8) is 0 Å². The van der Waals surface area contributed by atoms with Gasteiger partial charge in [0.1, 0.15) is 5.75 Å². The number of carbonyl (C=O) groups is 1. The fraction of sp³-hybridized carbons (Fsp3) is 0.682. The van der Waals surface area contributed by atoms with Gasteiger partial charge in [0.25, 0.3) is 0 Å². The van der Waals surface area contributed by atoms with Crippen LogP contribution in [0.2, 0.25) is 0 Å². The van der Waals surface area contributed by atoms with Crippen molar-refractivity contribution >= 4 is 5.78 Å². The largest absolute Gasteiger partial charge is 0.496 e. The lowest BCUT2D eigenvalue weighted by Gasteiger charge is -2.50. The summed E-state index contributed by atoms with van der Waals surface area (Å²) in [6.07, 6.45) is 7.73. The van der Waals surface area contributed by atoms with Gasteiger partial charge in [0.2, 0.25) is 0 Å². The second-order valence-corrected chi connectivity index (χ2v) is 8.57. The Balaban J connectivity index is 1.72. The summed E-state index contributed by atoms with van der Waals surface area (Å²) < 4.78 is 11.3. The highest BCUT2D eigenvalue weighted by Crippen LogP contribution is 2.61. The summed E-state index contributed by atoms with van der Waals surface area (Å²) in [5.74, 6) is 2.93. The van der Waals surface area contributed by atoms with Crippen LogP contribution in [0.4, 0.5) is 0 Å². The van der Waals surface area contributed by atoms with E-state index in [1.807, 2.05) is 7.11 Å². The van der Waals surface area contributed by atoms with Crippen molar-refractivity contribution in [2.45, 2.75) is 64.4 Å². The molecule has 0 heterocycles. The third-order valence-electron chi connectivity index (χ3n) is 7.62. The third-order valence-corrected chi connectivity index (χ3v) is 7.62. The van der Waals surface area contributed by atoms with Crippen molar-refractivity contribution in [1.82, 2.24) is 0 Å². The first-order valence-electron chi connectivity index (χ1n) is 9.74. The molecular weight excluding hydrogens is 312 g/mol. The van der Waals surface area contributed by atoms with E-state index in [4.69, 9.17) is 9.47 Å². The molecule has 0 amide bonds. The third kappa shape index (κ3) is 2.46. The first kappa shape index (κ1) is 17.1. The van der Waals surface area contributed by atoms with Gasteiger partial charge in [-0.25, -0.2) is 0 Å². The standard InChI is InChI=1S/C22H30O3/c1-13(23)17-12-18-14(11-20(17)24-3)5-6-16-15(18)9-10-22(2)19(16)7-8-21(22)25-4/h11-12,15-16,19,21H,5-10H2,1-4H3/t15-,16+,19-,21-,22-/m0/s1. The maximum atomic E-state index is 12.1. The molecule has 1 aromatic carbocycles. The summed E-state index contributed by atoms with van der Waals surface area (Å²) in [7, 11) is 3.54. The Bertz CT molecular complexity index is 695. The van der Waals surface area contributed by atoms with Crippen LogP contribution in [0.25, 0.3) is 0 Å². The number of hydrogen-bond acceptors (Lipinski definition) is 3. The molecule has 0 radical (unpaired) electrons. The quantitative estimate of drug-likeness (QED) is 0.742. The minimum Gasteiger partial charge on any atom is -0.496 e. The summed E-state index contributed by atoms with van der Waals surface area (Å²) >= 11 is 0. The molecule has 25 heavy (non-hydrogen) atoms. The molecule has 4 rings (SSSR count). The van der Waals surface area contributed by atoms with Gasteiger partial charge in [-0.1, -0.05) is 6.92 Å². The average Bonchev–Trinajstić information content (AvgIpc) is 2.96. The van der Waals surface area contributed by atoms with E-state index in [1.165, 1.54) is 43.2 Å². The van der Waals surface area contributed by atoms with Crippen LogP contribution in [-0.2, 0) is 11.2 Å². The normalized spacial score (nSPS) is 36.3. The Morgan fingerprint density at radius 1 is 1.16 bits per heavy atom. The molecule has 2 saturated carbocycles. The van der Waals surface area contributed by atoms with Crippen molar-refractivity contribution < 1.29 is 14.3 Å². The predicted octanol–water partition coefficient (Wildman–Crippen LogP) is 4.77. The molecule has 2 fully saturated rings. The minimum absolute atomic E-state index is 0.0998. The van der Waals surface area contributed by atoms with Crippen LogP contribution in [0.15, 0.2) is 12.1 Å². The van der Waals surface area contributed by atoms with Gasteiger partial charge in [0.15, 0.2) is 5.78 Å². The Kier molecular flexibility index (Phi) is 4.18. The van der Waals surface area contributed by atoms with Crippen LogP contribution in [0.3, 0.4) is 0 Å². The number of rotatable bonds is 3. The minimum atomic E-state index is 0.0998. The fourth-order valence-electron chi connectivity index (χ4n) is 6.38. The molecule has 0 saturated heterocycles. The number of ketones is 1. The number of aryl methyl sites for hydroxylation is 1. The zero-order valence-corrected chi connectivity index (χ0v) is 15.9. The number of Topliss-reactive ketones (excluding diaryl/α,β-unsaturated/α-hetero) is 1. The van der Waals surface area contributed by atoms with Crippen LogP contribution >= 0.6 is 0 Å². The first-order valence-corrected chi connectivity index (χ1v) is 9.74. The van der Waals surface area contributed by atoms with E-state index in [9.17, 15) is 4.79 Å². The Morgan fingerprint density at radius 3 is 2.64 bits per heavy atom. The average molecular weight is 342 g/mol. The number of benzene rings is 1. The van der Waals surface area contributed by atoms with Gasteiger partial charge in [-0.05, 0) is 91.9 Å². The van der Waals surface area contributed by atoms with Crippen LogP contribution in [-0.4, -0.2) is 26.1 Å². The monoisotopic (exact) mass is 342 g/mol. The first-order chi connectivity index (χ1) is 12.0. The predicted molar refractivity (Wildman–Crippen MR) is 98.4 cm³/mol. The van der Waals surface area contributed by atoms with Gasteiger partial charge in [-0.2, -0.15) is 0 Å². The van der Waals surface area contributed by atoms with E-state index in [-0.39, 0.29) is 5.78 Å². The summed E-state index contributed by atoms with van der Waals surface area (Å²) in [6, 6.07) is 4.28. The molecule has 3 aliphatic carbocycles. The molecule has 0 bridgehead atoms. The molecule has 3 heteroatoms. The highest BCUT2D eigenvalue weighted by molar-refractivity contribution is 5.97. The highest BCUT2D eigenvalue weighted by atomic mass is 16.5.